The summed E-state index contributed by atoms with van der Waals surface area (Å²) in [6.45, 7) is 0. The Morgan fingerprint density at radius 1 is 1.04 bits per heavy atom. The molecule has 0 amide bonds. The number of allylic oxidation sites excluding steroid dienone is 1. The van der Waals surface area contributed by atoms with E-state index >= 15 is 0 Å². The van der Waals surface area contributed by atoms with Gasteiger partial charge in [-0.2, -0.15) is 0 Å². The molecule has 0 unspecified atom stereocenters. The van der Waals surface area contributed by atoms with E-state index in [-0.39, 0.29) is 23.1 Å². The molecular weight excluding hydrogens is 303 g/mol. The summed E-state index contributed by atoms with van der Waals surface area (Å²) in [6.07, 6.45) is 5.30. The van der Waals surface area contributed by atoms with Crippen LogP contribution in [0.1, 0.15) is 30.4 Å². The quantitative estimate of drug-likeness (QED) is 0.764. The monoisotopic (exact) mass is 320 g/mol. The predicted molar refractivity (Wildman–Crippen MR) is 88.4 cm³/mol. The highest BCUT2D eigenvalue weighted by Crippen LogP contribution is 2.80. The summed E-state index contributed by atoms with van der Waals surface area (Å²) in [4.78, 5) is 13.1. The smallest absolute Gasteiger partial charge is 0.323 e. The lowest BCUT2D eigenvalue weighted by Crippen LogP contribution is -2.34. The first-order chi connectivity index (χ1) is 11.7. The fraction of sp³-hybridized carbons (Fsp3) is 0.286. The Labute approximate surface area is 140 Å². The largest absolute Gasteiger partial charge is 0.426 e. The fourth-order valence-corrected chi connectivity index (χ4v) is 5.19. The van der Waals surface area contributed by atoms with Gasteiger partial charge in [0.15, 0.2) is 0 Å². The van der Waals surface area contributed by atoms with E-state index in [2.05, 4.69) is 6.08 Å². The summed E-state index contributed by atoms with van der Waals surface area (Å²) < 4.78 is 19.1. The van der Waals surface area contributed by atoms with Crippen molar-refractivity contribution < 1.29 is 13.9 Å². The summed E-state index contributed by atoms with van der Waals surface area (Å²) in [5, 5.41) is 0. The third-order valence-corrected chi connectivity index (χ3v) is 6.15. The van der Waals surface area contributed by atoms with E-state index in [1.54, 1.807) is 12.1 Å². The van der Waals surface area contributed by atoms with Crippen molar-refractivity contribution in [1.29, 1.82) is 0 Å². The maximum atomic E-state index is 13.3. The minimum absolute atomic E-state index is 0.161. The third-order valence-electron chi connectivity index (χ3n) is 6.15. The molecule has 3 aliphatic rings. The van der Waals surface area contributed by atoms with Crippen molar-refractivity contribution in [1.82, 2.24) is 0 Å². The standard InChI is InChI=1S/C21H17FO2/c22-16-10-8-15(9-11-16)21-18-7-4-12-20(18,21)13-17(24-19(21)23)14-5-2-1-3-6-14/h1-3,5-6,8-11,13,18H,4,7,12H2/t18-,20-,21-/m1/s1. The van der Waals surface area contributed by atoms with E-state index in [0.29, 0.717) is 5.76 Å². The number of carbonyl (C=O) groups is 1. The van der Waals surface area contributed by atoms with Crippen molar-refractivity contribution in [3.05, 3.63) is 77.6 Å². The van der Waals surface area contributed by atoms with Crippen molar-refractivity contribution in [2.24, 2.45) is 11.3 Å². The molecule has 0 saturated heterocycles. The number of carbonyl (C=O) groups excluding carboxylic acids is 1. The number of hydrogen-bond donors (Lipinski definition) is 0. The molecule has 2 aromatic rings. The Kier molecular flexibility index (Phi) is 2.66. The van der Waals surface area contributed by atoms with Crippen LogP contribution in [0.2, 0.25) is 0 Å². The van der Waals surface area contributed by atoms with E-state index in [1.165, 1.54) is 12.1 Å². The van der Waals surface area contributed by atoms with E-state index < -0.39 is 5.41 Å². The molecule has 2 nitrogen and oxygen atoms in total. The summed E-state index contributed by atoms with van der Waals surface area (Å²) in [7, 11) is 0. The van der Waals surface area contributed by atoms with Gasteiger partial charge in [0.25, 0.3) is 0 Å². The Balaban J connectivity index is 1.66. The summed E-state index contributed by atoms with van der Waals surface area (Å²) in [5.41, 5.74) is 1.05. The third kappa shape index (κ3) is 1.52. The highest BCUT2D eigenvalue weighted by atomic mass is 19.1. The lowest BCUT2D eigenvalue weighted by molar-refractivity contribution is -0.142. The number of fused-ring (bicyclic) bond motifs is 1. The molecule has 3 heteroatoms. The fourth-order valence-electron chi connectivity index (χ4n) is 5.19. The highest BCUT2D eigenvalue weighted by molar-refractivity contribution is 5.97. The maximum absolute atomic E-state index is 13.3. The van der Waals surface area contributed by atoms with Gasteiger partial charge in [-0.15, -0.1) is 0 Å². The van der Waals surface area contributed by atoms with Crippen molar-refractivity contribution in [3.63, 3.8) is 0 Å². The number of ether oxygens (including phenoxy) is 1. The van der Waals surface area contributed by atoms with Gasteiger partial charge < -0.3 is 4.74 Å². The molecule has 0 N–H and O–H groups in total. The van der Waals surface area contributed by atoms with Gasteiger partial charge in [0.1, 0.15) is 17.0 Å². The van der Waals surface area contributed by atoms with Gasteiger partial charge in [0.05, 0.1) is 0 Å². The Bertz CT molecular complexity index is 855. The molecule has 24 heavy (non-hydrogen) atoms. The first-order valence-corrected chi connectivity index (χ1v) is 8.45. The van der Waals surface area contributed by atoms with Crippen LogP contribution in [0.15, 0.2) is 60.7 Å². The molecule has 1 aliphatic heterocycles. The molecule has 2 saturated carbocycles. The molecular formula is C21H17FO2. The van der Waals surface area contributed by atoms with Crippen LogP contribution in [-0.2, 0) is 14.9 Å². The van der Waals surface area contributed by atoms with Crippen molar-refractivity contribution in [3.8, 4) is 0 Å². The van der Waals surface area contributed by atoms with Crippen molar-refractivity contribution >= 4 is 11.7 Å². The molecule has 2 aliphatic carbocycles. The first kappa shape index (κ1) is 14.0. The van der Waals surface area contributed by atoms with Crippen LogP contribution in [0, 0.1) is 17.2 Å². The molecule has 0 aromatic heterocycles. The number of esters is 1. The van der Waals surface area contributed by atoms with Gasteiger partial charge in [0, 0.05) is 11.0 Å². The van der Waals surface area contributed by atoms with Crippen molar-refractivity contribution in [2.75, 3.05) is 0 Å². The Morgan fingerprint density at radius 3 is 2.54 bits per heavy atom. The maximum Gasteiger partial charge on any atom is 0.323 e. The number of halogens is 1. The Morgan fingerprint density at radius 2 is 1.79 bits per heavy atom. The van der Waals surface area contributed by atoms with Crippen LogP contribution < -0.4 is 0 Å². The summed E-state index contributed by atoms with van der Waals surface area (Å²) >= 11 is 0. The number of cyclic esters (lactones) is 1. The van der Waals surface area contributed by atoms with Gasteiger partial charge in [-0.25, -0.2) is 4.39 Å². The number of hydrogen-bond acceptors (Lipinski definition) is 2. The van der Waals surface area contributed by atoms with Gasteiger partial charge >= 0.3 is 5.97 Å². The van der Waals surface area contributed by atoms with Crippen LogP contribution in [0.5, 0.6) is 0 Å². The zero-order valence-corrected chi connectivity index (χ0v) is 13.2. The second-order valence-electron chi connectivity index (χ2n) is 7.06. The average molecular weight is 320 g/mol. The molecule has 1 heterocycles. The van der Waals surface area contributed by atoms with Crippen molar-refractivity contribution in [2.45, 2.75) is 24.7 Å². The van der Waals surface area contributed by atoms with E-state index in [4.69, 9.17) is 4.74 Å². The lowest BCUT2D eigenvalue weighted by Gasteiger charge is -2.29. The zero-order valence-electron chi connectivity index (χ0n) is 13.2. The van der Waals surface area contributed by atoms with E-state index in [1.807, 2.05) is 30.3 Å². The minimum atomic E-state index is -0.614. The SMILES string of the molecule is O=C1OC(c2ccccc2)=C[C@]23CCC[C@H]2[C@]13c1ccc(F)cc1. The molecule has 5 rings (SSSR count). The van der Waals surface area contributed by atoms with Crippen LogP contribution in [-0.4, -0.2) is 5.97 Å². The highest BCUT2D eigenvalue weighted by Gasteiger charge is 2.83. The summed E-state index contributed by atoms with van der Waals surface area (Å²) in [5.74, 6) is 0.478. The molecule has 3 atom stereocenters. The normalized spacial score (nSPS) is 33.3. The van der Waals surface area contributed by atoms with Gasteiger partial charge in [-0.3, -0.25) is 4.79 Å². The van der Waals surface area contributed by atoms with Crippen LogP contribution in [0.25, 0.3) is 5.76 Å². The number of benzene rings is 2. The topological polar surface area (TPSA) is 26.3 Å². The van der Waals surface area contributed by atoms with Crippen LogP contribution in [0.3, 0.4) is 0 Å². The van der Waals surface area contributed by atoms with Gasteiger partial charge in [0.2, 0.25) is 0 Å². The second kappa shape index (κ2) is 4.56. The Hall–Kier alpha value is -2.42. The molecule has 0 bridgehead atoms. The zero-order chi connectivity index (χ0) is 16.4. The number of rotatable bonds is 2. The predicted octanol–water partition coefficient (Wildman–Crippen LogP) is 4.46. The van der Waals surface area contributed by atoms with Crippen LogP contribution >= 0.6 is 0 Å². The average Bonchev–Trinajstić information content (AvgIpc) is 2.97. The first-order valence-electron chi connectivity index (χ1n) is 8.45. The second-order valence-corrected chi connectivity index (χ2v) is 7.06. The molecule has 2 fully saturated rings. The van der Waals surface area contributed by atoms with E-state index in [0.717, 1.165) is 30.4 Å². The molecule has 2 aromatic carbocycles. The van der Waals surface area contributed by atoms with E-state index in [9.17, 15) is 9.18 Å². The lowest BCUT2D eigenvalue weighted by atomic mass is 9.80. The minimum Gasteiger partial charge on any atom is -0.426 e. The molecule has 0 radical (unpaired) electrons. The molecule has 1 spiro atoms. The molecule has 120 valence electrons. The van der Waals surface area contributed by atoms with Crippen LogP contribution in [0.4, 0.5) is 4.39 Å². The van der Waals surface area contributed by atoms with Gasteiger partial charge in [-0.1, -0.05) is 48.9 Å². The van der Waals surface area contributed by atoms with Gasteiger partial charge in [-0.05, 0) is 42.5 Å². The summed E-state index contributed by atoms with van der Waals surface area (Å²) in [6, 6.07) is 16.2.